The van der Waals surface area contributed by atoms with Crippen molar-refractivity contribution in [3.8, 4) is 5.75 Å². The molecule has 8 nitrogen and oxygen atoms in total. The van der Waals surface area contributed by atoms with Crippen LogP contribution < -0.4 is 4.74 Å². The van der Waals surface area contributed by atoms with Crippen molar-refractivity contribution in [3.63, 3.8) is 0 Å². The zero-order valence-corrected chi connectivity index (χ0v) is 17.7. The van der Waals surface area contributed by atoms with Gasteiger partial charge in [-0.3, -0.25) is 4.79 Å². The van der Waals surface area contributed by atoms with E-state index in [2.05, 4.69) is 9.97 Å². The number of piperazine rings is 1. The first kappa shape index (κ1) is 20.8. The zero-order chi connectivity index (χ0) is 20.3. The number of sulfonamides is 1. The summed E-state index contributed by atoms with van der Waals surface area (Å²) < 4.78 is 32.0. The SMILES string of the molecule is COc1ccc(S(=O)(=O)N2CCN(C(=O)c3nc(SC)ncc3Cl)CC2)cc1. The predicted octanol–water partition coefficient (Wildman–Crippen LogP) is 2.01. The number of benzene rings is 1. The second kappa shape index (κ2) is 8.64. The van der Waals surface area contributed by atoms with Gasteiger partial charge in [0.1, 0.15) is 5.75 Å². The lowest BCUT2D eigenvalue weighted by molar-refractivity contribution is 0.0691. The minimum Gasteiger partial charge on any atom is -0.497 e. The van der Waals surface area contributed by atoms with Gasteiger partial charge in [-0.1, -0.05) is 23.4 Å². The highest BCUT2D eigenvalue weighted by atomic mass is 35.5. The van der Waals surface area contributed by atoms with Crippen molar-refractivity contribution in [1.82, 2.24) is 19.2 Å². The van der Waals surface area contributed by atoms with Gasteiger partial charge in [0, 0.05) is 26.2 Å². The Morgan fingerprint density at radius 1 is 1.18 bits per heavy atom. The summed E-state index contributed by atoms with van der Waals surface area (Å²) in [5.74, 6) is 0.255. The Bertz CT molecular complexity index is 962. The fourth-order valence-electron chi connectivity index (χ4n) is 2.78. The third-order valence-corrected chi connectivity index (χ3v) is 7.08. The number of amides is 1. The van der Waals surface area contributed by atoms with Gasteiger partial charge >= 0.3 is 0 Å². The van der Waals surface area contributed by atoms with E-state index in [1.165, 1.54) is 41.5 Å². The highest BCUT2D eigenvalue weighted by molar-refractivity contribution is 7.98. The molecule has 0 radical (unpaired) electrons. The van der Waals surface area contributed by atoms with Gasteiger partial charge in [-0.15, -0.1) is 0 Å². The molecular formula is C17H19ClN4O4S2. The van der Waals surface area contributed by atoms with E-state index >= 15 is 0 Å². The Balaban J connectivity index is 1.70. The molecule has 1 saturated heterocycles. The number of methoxy groups -OCH3 is 1. The Kier molecular flexibility index (Phi) is 6.43. The fourth-order valence-corrected chi connectivity index (χ4v) is 4.71. The fraction of sp³-hybridized carbons (Fsp3) is 0.353. The van der Waals surface area contributed by atoms with Crippen LogP contribution in [0.1, 0.15) is 10.5 Å². The average molecular weight is 443 g/mol. The van der Waals surface area contributed by atoms with Crippen LogP contribution in [0.15, 0.2) is 40.5 Å². The van der Waals surface area contributed by atoms with Gasteiger partial charge in [0.15, 0.2) is 10.9 Å². The summed E-state index contributed by atoms with van der Waals surface area (Å²) in [4.78, 5) is 22.7. The lowest BCUT2D eigenvalue weighted by atomic mass is 10.3. The standard InChI is InChI=1S/C17H19ClN4O4S2/c1-26-12-3-5-13(6-4-12)28(24,25)22-9-7-21(8-10-22)16(23)15-14(18)11-19-17(20-15)27-2/h3-6,11H,7-10H2,1-2H3. The number of nitrogens with zero attached hydrogens (tertiary/aromatic N) is 4. The van der Waals surface area contributed by atoms with Gasteiger partial charge < -0.3 is 9.64 Å². The first-order valence-electron chi connectivity index (χ1n) is 8.37. The summed E-state index contributed by atoms with van der Waals surface area (Å²) in [6, 6.07) is 6.23. The van der Waals surface area contributed by atoms with Crippen LogP contribution in [0.4, 0.5) is 0 Å². The number of hydrogen-bond donors (Lipinski definition) is 0. The van der Waals surface area contributed by atoms with Crippen LogP contribution >= 0.6 is 23.4 Å². The third kappa shape index (κ3) is 4.24. The van der Waals surface area contributed by atoms with Crippen molar-refractivity contribution >= 4 is 39.3 Å². The van der Waals surface area contributed by atoms with Crippen LogP contribution in [0, 0.1) is 0 Å². The van der Waals surface area contributed by atoms with Gasteiger partial charge in [0.2, 0.25) is 10.0 Å². The Labute approximate surface area is 172 Å². The number of aromatic nitrogens is 2. The maximum absolute atomic E-state index is 12.8. The first-order chi connectivity index (χ1) is 13.4. The molecule has 2 heterocycles. The van der Waals surface area contributed by atoms with Gasteiger partial charge in [0.05, 0.1) is 23.2 Å². The van der Waals surface area contributed by atoms with E-state index in [1.807, 2.05) is 0 Å². The van der Waals surface area contributed by atoms with E-state index in [0.717, 1.165) is 0 Å². The van der Waals surface area contributed by atoms with Gasteiger partial charge in [-0.25, -0.2) is 18.4 Å². The largest absolute Gasteiger partial charge is 0.497 e. The summed E-state index contributed by atoms with van der Waals surface area (Å²) in [5.41, 5.74) is 0.132. The second-order valence-electron chi connectivity index (χ2n) is 5.93. The molecule has 150 valence electrons. The zero-order valence-electron chi connectivity index (χ0n) is 15.3. The molecule has 11 heteroatoms. The van der Waals surface area contributed by atoms with E-state index in [1.54, 1.807) is 23.3 Å². The molecule has 0 bridgehead atoms. The lowest BCUT2D eigenvalue weighted by Gasteiger charge is -2.34. The molecule has 1 aromatic heterocycles. The molecule has 28 heavy (non-hydrogen) atoms. The summed E-state index contributed by atoms with van der Waals surface area (Å²) in [5, 5.41) is 0.629. The van der Waals surface area contributed by atoms with Crippen molar-refractivity contribution in [3.05, 3.63) is 41.2 Å². The molecule has 3 rings (SSSR count). The van der Waals surface area contributed by atoms with E-state index < -0.39 is 10.0 Å². The molecule has 1 aliphatic rings. The summed E-state index contributed by atoms with van der Waals surface area (Å²) in [6.07, 6.45) is 3.21. The topological polar surface area (TPSA) is 92.7 Å². The van der Waals surface area contributed by atoms with Crippen LogP contribution in [-0.4, -0.2) is 73.0 Å². The van der Waals surface area contributed by atoms with Crippen molar-refractivity contribution < 1.29 is 17.9 Å². The van der Waals surface area contributed by atoms with Gasteiger partial charge in [0.25, 0.3) is 5.91 Å². The average Bonchev–Trinajstić information content (AvgIpc) is 2.73. The number of thioether (sulfide) groups is 1. The maximum Gasteiger partial charge on any atom is 0.274 e. The monoisotopic (exact) mass is 442 g/mol. The minimum atomic E-state index is -3.63. The van der Waals surface area contributed by atoms with Crippen molar-refractivity contribution in [2.45, 2.75) is 10.1 Å². The number of hydrogen-bond acceptors (Lipinski definition) is 7. The van der Waals surface area contributed by atoms with Crippen LogP contribution in [0.25, 0.3) is 0 Å². The molecular weight excluding hydrogens is 424 g/mol. The molecule has 1 aliphatic heterocycles. The first-order valence-corrected chi connectivity index (χ1v) is 11.4. The Hall–Kier alpha value is -1.88. The predicted molar refractivity (Wildman–Crippen MR) is 106 cm³/mol. The third-order valence-electron chi connectivity index (χ3n) is 4.33. The highest BCUT2D eigenvalue weighted by Crippen LogP contribution is 2.22. The molecule has 0 unspecified atom stereocenters. The quantitative estimate of drug-likeness (QED) is 0.516. The normalized spacial score (nSPS) is 15.5. The van der Waals surface area contributed by atoms with E-state index in [9.17, 15) is 13.2 Å². The van der Waals surface area contributed by atoms with E-state index in [-0.39, 0.29) is 47.7 Å². The number of halogens is 1. The number of rotatable bonds is 5. The van der Waals surface area contributed by atoms with Crippen molar-refractivity contribution in [2.24, 2.45) is 0 Å². The number of carbonyl (C=O) groups excluding carboxylic acids is 1. The molecule has 0 N–H and O–H groups in total. The summed E-state index contributed by atoms with van der Waals surface area (Å²) in [7, 11) is -2.12. The smallest absolute Gasteiger partial charge is 0.274 e. The Morgan fingerprint density at radius 2 is 1.82 bits per heavy atom. The maximum atomic E-state index is 12.8. The molecule has 0 aliphatic carbocycles. The number of carbonyl (C=O) groups is 1. The van der Waals surface area contributed by atoms with Crippen LogP contribution in [-0.2, 0) is 10.0 Å². The summed E-state index contributed by atoms with van der Waals surface area (Å²) >= 11 is 7.39. The highest BCUT2D eigenvalue weighted by Gasteiger charge is 2.31. The summed E-state index contributed by atoms with van der Waals surface area (Å²) in [6.45, 7) is 0.892. The molecule has 1 fully saturated rings. The lowest BCUT2D eigenvalue weighted by Crippen LogP contribution is -2.50. The minimum absolute atomic E-state index is 0.132. The van der Waals surface area contributed by atoms with E-state index in [0.29, 0.717) is 10.9 Å². The molecule has 2 aromatic rings. The molecule has 0 saturated carbocycles. The molecule has 1 aromatic carbocycles. The van der Waals surface area contributed by atoms with E-state index in [4.69, 9.17) is 16.3 Å². The second-order valence-corrected chi connectivity index (χ2v) is 9.04. The molecule has 0 spiro atoms. The van der Waals surface area contributed by atoms with Crippen LogP contribution in [0.3, 0.4) is 0 Å². The number of ether oxygens (including phenoxy) is 1. The molecule has 0 atom stereocenters. The molecule has 1 amide bonds. The van der Waals surface area contributed by atoms with Gasteiger partial charge in [-0.2, -0.15) is 4.31 Å². The van der Waals surface area contributed by atoms with Crippen LogP contribution in [0.5, 0.6) is 5.75 Å². The Morgan fingerprint density at radius 3 is 2.39 bits per heavy atom. The van der Waals surface area contributed by atoms with Crippen molar-refractivity contribution in [2.75, 3.05) is 39.5 Å². The van der Waals surface area contributed by atoms with Crippen molar-refractivity contribution in [1.29, 1.82) is 0 Å². The van der Waals surface area contributed by atoms with Gasteiger partial charge in [-0.05, 0) is 30.5 Å². The van der Waals surface area contributed by atoms with Crippen LogP contribution in [0.2, 0.25) is 5.02 Å².